The second-order valence-electron chi connectivity index (χ2n) is 9.49. The van der Waals surface area contributed by atoms with Crippen molar-refractivity contribution in [1.29, 1.82) is 0 Å². The number of rotatable bonds is 8. The first-order valence-electron chi connectivity index (χ1n) is 12.3. The Balaban J connectivity index is 1.54. The lowest BCUT2D eigenvalue weighted by Crippen LogP contribution is -2.33. The molecule has 0 spiro atoms. The highest BCUT2D eigenvalue weighted by Crippen LogP contribution is 2.39. The van der Waals surface area contributed by atoms with Gasteiger partial charge >= 0.3 is 0 Å². The minimum atomic E-state index is 0.673. The third-order valence-corrected chi connectivity index (χ3v) is 7.06. The topological polar surface area (TPSA) is 15.3 Å². The van der Waals surface area contributed by atoms with Crippen molar-refractivity contribution in [3.05, 3.63) is 89.0 Å². The van der Waals surface area contributed by atoms with Gasteiger partial charge in [-0.05, 0) is 79.8 Å². The van der Waals surface area contributed by atoms with Crippen molar-refractivity contribution in [3.63, 3.8) is 0 Å². The van der Waals surface area contributed by atoms with Gasteiger partial charge in [-0.15, -0.1) is 0 Å². The van der Waals surface area contributed by atoms with Crippen LogP contribution in [-0.2, 0) is 0 Å². The van der Waals surface area contributed by atoms with Crippen LogP contribution in [0.25, 0.3) is 11.3 Å². The standard InChI is InChI=1S/C30H38N2/c1-5-6-17-31-24(4)26-13-14-30(29(21-26)27-12-11-22(2)20-27)32-18-15-25(16-19-32)28-10-8-7-9-23(28)3/h7-14,21,25,31H,4-6,15-20H2,1-3H3. The van der Waals surface area contributed by atoms with E-state index >= 15 is 0 Å². The number of anilines is 1. The number of unbranched alkanes of at least 4 members (excludes halogenated alkanes) is 1. The first-order chi connectivity index (χ1) is 15.6. The molecule has 4 rings (SSSR count). The molecule has 1 fully saturated rings. The summed E-state index contributed by atoms with van der Waals surface area (Å²) in [5.41, 5.74) is 10.8. The Morgan fingerprint density at radius 1 is 1.06 bits per heavy atom. The largest absolute Gasteiger partial charge is 0.385 e. The van der Waals surface area contributed by atoms with Crippen LogP contribution < -0.4 is 10.2 Å². The number of hydrogen-bond donors (Lipinski definition) is 1. The van der Waals surface area contributed by atoms with E-state index in [0.717, 1.165) is 31.8 Å². The first-order valence-corrected chi connectivity index (χ1v) is 12.3. The number of aryl methyl sites for hydroxylation is 1. The molecule has 1 heterocycles. The maximum absolute atomic E-state index is 4.32. The molecule has 0 unspecified atom stereocenters. The van der Waals surface area contributed by atoms with Gasteiger partial charge in [0.2, 0.25) is 0 Å². The van der Waals surface area contributed by atoms with Crippen molar-refractivity contribution in [2.24, 2.45) is 0 Å². The Morgan fingerprint density at radius 3 is 2.53 bits per heavy atom. The minimum Gasteiger partial charge on any atom is -0.385 e. The summed E-state index contributed by atoms with van der Waals surface area (Å²) < 4.78 is 0. The molecule has 1 N–H and O–H groups in total. The van der Waals surface area contributed by atoms with Gasteiger partial charge in [-0.25, -0.2) is 0 Å². The average molecular weight is 427 g/mol. The molecule has 0 saturated carbocycles. The fourth-order valence-electron chi connectivity index (χ4n) is 5.10. The molecule has 1 saturated heterocycles. The molecule has 2 aliphatic rings. The van der Waals surface area contributed by atoms with Crippen LogP contribution in [0.4, 0.5) is 5.69 Å². The Morgan fingerprint density at radius 2 is 1.84 bits per heavy atom. The molecule has 2 heteroatoms. The molecule has 0 atom stereocenters. The fourth-order valence-corrected chi connectivity index (χ4v) is 5.10. The Kier molecular flexibility index (Phi) is 7.19. The van der Waals surface area contributed by atoms with Crippen molar-refractivity contribution >= 4 is 17.0 Å². The zero-order valence-corrected chi connectivity index (χ0v) is 20.1. The van der Waals surface area contributed by atoms with Gasteiger partial charge in [0, 0.05) is 36.6 Å². The van der Waals surface area contributed by atoms with E-state index in [9.17, 15) is 0 Å². The van der Waals surface area contributed by atoms with E-state index in [4.69, 9.17) is 0 Å². The molecular weight excluding hydrogens is 388 g/mol. The number of nitrogens with zero attached hydrogens (tertiary/aromatic N) is 1. The summed E-state index contributed by atoms with van der Waals surface area (Å²) in [7, 11) is 0. The highest BCUT2D eigenvalue weighted by molar-refractivity contribution is 5.83. The quantitative estimate of drug-likeness (QED) is 0.440. The van der Waals surface area contributed by atoms with Gasteiger partial charge in [0.25, 0.3) is 0 Å². The van der Waals surface area contributed by atoms with E-state index in [1.165, 1.54) is 64.8 Å². The molecule has 2 nitrogen and oxygen atoms in total. The van der Waals surface area contributed by atoms with Gasteiger partial charge in [0.05, 0.1) is 0 Å². The summed E-state index contributed by atoms with van der Waals surface area (Å²) in [5, 5.41) is 3.51. The molecule has 1 aliphatic carbocycles. The van der Waals surface area contributed by atoms with E-state index in [1.807, 2.05) is 0 Å². The Labute approximate surface area is 194 Å². The van der Waals surface area contributed by atoms with Gasteiger partial charge in [0.15, 0.2) is 0 Å². The second kappa shape index (κ2) is 10.3. The highest BCUT2D eigenvalue weighted by atomic mass is 15.1. The van der Waals surface area contributed by atoms with Gasteiger partial charge in [-0.1, -0.05) is 68.0 Å². The Bertz CT molecular complexity index is 1020. The molecule has 0 radical (unpaired) electrons. The lowest BCUT2D eigenvalue weighted by atomic mass is 9.86. The molecule has 168 valence electrons. The van der Waals surface area contributed by atoms with E-state index in [0.29, 0.717) is 5.92 Å². The van der Waals surface area contributed by atoms with Crippen LogP contribution in [0.1, 0.15) is 74.1 Å². The summed E-state index contributed by atoms with van der Waals surface area (Å²) in [5.74, 6) is 0.673. The lowest BCUT2D eigenvalue weighted by molar-refractivity contribution is 0.503. The summed E-state index contributed by atoms with van der Waals surface area (Å²) >= 11 is 0. The number of hydrogen-bond acceptors (Lipinski definition) is 2. The van der Waals surface area contributed by atoms with E-state index in [2.05, 4.69) is 92.2 Å². The van der Waals surface area contributed by atoms with Crippen molar-refractivity contribution in [2.75, 3.05) is 24.5 Å². The van der Waals surface area contributed by atoms with Crippen molar-refractivity contribution in [2.45, 2.75) is 58.8 Å². The van der Waals surface area contributed by atoms with Gasteiger partial charge in [-0.2, -0.15) is 0 Å². The predicted octanol–water partition coefficient (Wildman–Crippen LogP) is 7.47. The molecule has 2 aromatic carbocycles. The average Bonchev–Trinajstić information content (AvgIpc) is 3.25. The summed E-state index contributed by atoms with van der Waals surface area (Å²) in [4.78, 5) is 2.61. The van der Waals surface area contributed by atoms with Crippen LogP contribution in [0, 0.1) is 6.92 Å². The van der Waals surface area contributed by atoms with Crippen molar-refractivity contribution in [1.82, 2.24) is 5.32 Å². The summed E-state index contributed by atoms with van der Waals surface area (Å²) in [6, 6.07) is 15.9. The number of piperidine rings is 1. The van der Waals surface area contributed by atoms with Crippen LogP contribution in [0.15, 0.2) is 66.8 Å². The van der Waals surface area contributed by atoms with Crippen LogP contribution in [0.2, 0.25) is 0 Å². The van der Waals surface area contributed by atoms with E-state index in [-0.39, 0.29) is 0 Å². The molecule has 0 amide bonds. The molecule has 0 aromatic heterocycles. The van der Waals surface area contributed by atoms with Crippen LogP contribution in [-0.4, -0.2) is 19.6 Å². The predicted molar refractivity (Wildman–Crippen MR) is 140 cm³/mol. The molecule has 0 bridgehead atoms. The van der Waals surface area contributed by atoms with E-state index in [1.54, 1.807) is 0 Å². The van der Waals surface area contributed by atoms with Crippen molar-refractivity contribution in [3.8, 4) is 0 Å². The molecule has 2 aromatic rings. The minimum absolute atomic E-state index is 0.673. The van der Waals surface area contributed by atoms with Crippen molar-refractivity contribution < 1.29 is 0 Å². The fraction of sp³-hybridized carbons (Fsp3) is 0.400. The third kappa shape index (κ3) is 5.01. The number of benzene rings is 2. The van der Waals surface area contributed by atoms with Gasteiger partial charge in [0.1, 0.15) is 0 Å². The maximum Gasteiger partial charge on any atom is 0.0443 e. The zero-order chi connectivity index (χ0) is 22.5. The number of nitrogens with one attached hydrogen (secondary N) is 1. The second-order valence-corrected chi connectivity index (χ2v) is 9.49. The monoisotopic (exact) mass is 426 g/mol. The summed E-state index contributed by atoms with van der Waals surface area (Å²) in [6.45, 7) is 14.2. The molecular formula is C30H38N2. The van der Waals surface area contributed by atoms with Crippen LogP contribution in [0.3, 0.4) is 0 Å². The highest BCUT2D eigenvalue weighted by Gasteiger charge is 2.24. The third-order valence-electron chi connectivity index (χ3n) is 7.06. The smallest absolute Gasteiger partial charge is 0.0443 e. The molecule has 1 aliphatic heterocycles. The maximum atomic E-state index is 4.32. The lowest BCUT2D eigenvalue weighted by Gasteiger charge is -2.36. The Hall–Kier alpha value is -2.74. The first kappa shape index (κ1) is 22.5. The zero-order valence-electron chi connectivity index (χ0n) is 20.1. The van der Waals surface area contributed by atoms with Crippen LogP contribution >= 0.6 is 0 Å². The van der Waals surface area contributed by atoms with Gasteiger partial charge < -0.3 is 10.2 Å². The molecule has 32 heavy (non-hydrogen) atoms. The normalized spacial score (nSPS) is 16.7. The summed E-state index contributed by atoms with van der Waals surface area (Å²) in [6.07, 6.45) is 10.4. The van der Waals surface area contributed by atoms with Gasteiger partial charge in [-0.3, -0.25) is 0 Å². The SMILES string of the molecule is C=C(NCCCC)c1ccc(N2CCC(c3ccccc3C)CC2)c(C2=CC=C(C)C2)c1. The van der Waals surface area contributed by atoms with Crippen LogP contribution in [0.5, 0.6) is 0 Å². The van der Waals surface area contributed by atoms with E-state index < -0.39 is 0 Å². The number of allylic oxidation sites excluding steroid dienone is 4.